The van der Waals surface area contributed by atoms with Gasteiger partial charge in [0.1, 0.15) is 6.10 Å². The SMILES string of the molecule is CC1(C)OC[C@@H]([C@H]2CCC3=CC[C@@H]4C(=O)N(c5ccccc5)C(=O)[C@@H]4[C@@H]3O2)O1. The first kappa shape index (κ1) is 18.0. The maximum atomic E-state index is 13.3. The van der Waals surface area contributed by atoms with Crippen molar-refractivity contribution in [1.82, 2.24) is 0 Å². The number of carbonyl (C=O) groups is 2. The summed E-state index contributed by atoms with van der Waals surface area (Å²) in [4.78, 5) is 27.6. The first-order chi connectivity index (χ1) is 13.4. The molecule has 2 amide bonds. The molecule has 0 bridgehead atoms. The first-order valence-electron chi connectivity index (χ1n) is 10.0. The topological polar surface area (TPSA) is 65.1 Å². The number of rotatable bonds is 2. The summed E-state index contributed by atoms with van der Waals surface area (Å²) in [5.41, 5.74) is 1.78. The van der Waals surface area contributed by atoms with Crippen molar-refractivity contribution >= 4 is 17.5 Å². The van der Waals surface area contributed by atoms with Crippen molar-refractivity contribution in [3.05, 3.63) is 42.0 Å². The summed E-state index contributed by atoms with van der Waals surface area (Å²) in [5, 5.41) is 0. The summed E-state index contributed by atoms with van der Waals surface area (Å²) in [5.74, 6) is -1.68. The number of fused-ring (bicyclic) bond motifs is 3. The lowest BCUT2D eigenvalue weighted by atomic mass is 9.76. The Kier molecular flexibility index (Phi) is 4.19. The third-order valence-corrected chi connectivity index (χ3v) is 6.30. The van der Waals surface area contributed by atoms with Gasteiger partial charge in [-0.2, -0.15) is 0 Å². The molecule has 3 heterocycles. The lowest BCUT2D eigenvalue weighted by Gasteiger charge is -2.40. The summed E-state index contributed by atoms with van der Waals surface area (Å²) < 4.78 is 18.1. The predicted octanol–water partition coefficient (Wildman–Crippen LogP) is 2.82. The van der Waals surface area contributed by atoms with Gasteiger partial charge in [0.2, 0.25) is 11.8 Å². The molecular weight excluding hydrogens is 358 g/mol. The minimum absolute atomic E-state index is 0.121. The van der Waals surface area contributed by atoms with Crippen LogP contribution >= 0.6 is 0 Å². The van der Waals surface area contributed by atoms with E-state index in [1.807, 2.05) is 32.0 Å². The second-order valence-corrected chi connectivity index (χ2v) is 8.50. The molecule has 3 aliphatic heterocycles. The minimum Gasteiger partial charge on any atom is -0.367 e. The molecule has 0 N–H and O–H groups in total. The Morgan fingerprint density at radius 1 is 1.07 bits per heavy atom. The Morgan fingerprint density at radius 2 is 1.86 bits per heavy atom. The Balaban J connectivity index is 1.40. The molecule has 1 aromatic carbocycles. The third-order valence-electron chi connectivity index (χ3n) is 6.30. The number of imide groups is 1. The van der Waals surface area contributed by atoms with E-state index in [-0.39, 0.29) is 36.0 Å². The Hall–Kier alpha value is -2.02. The molecule has 1 aliphatic carbocycles. The summed E-state index contributed by atoms with van der Waals surface area (Å²) in [6, 6.07) is 9.17. The highest BCUT2D eigenvalue weighted by Gasteiger charge is 2.55. The fourth-order valence-corrected chi connectivity index (χ4v) is 4.95. The van der Waals surface area contributed by atoms with Gasteiger partial charge >= 0.3 is 0 Å². The number of allylic oxidation sites excluding steroid dienone is 1. The molecule has 0 aromatic heterocycles. The zero-order chi connectivity index (χ0) is 19.5. The van der Waals surface area contributed by atoms with Crippen LogP contribution in [0, 0.1) is 11.8 Å². The van der Waals surface area contributed by atoms with Crippen LogP contribution < -0.4 is 4.90 Å². The van der Waals surface area contributed by atoms with E-state index in [2.05, 4.69) is 6.08 Å². The summed E-state index contributed by atoms with van der Waals surface area (Å²) in [7, 11) is 0. The maximum absolute atomic E-state index is 13.3. The number of carbonyl (C=O) groups excluding carboxylic acids is 2. The molecule has 3 saturated heterocycles. The molecule has 5 atom stereocenters. The van der Waals surface area contributed by atoms with Crippen LogP contribution in [0.5, 0.6) is 0 Å². The summed E-state index contributed by atoms with van der Waals surface area (Å²) >= 11 is 0. The minimum atomic E-state index is -0.609. The van der Waals surface area contributed by atoms with Crippen LogP contribution in [0.4, 0.5) is 5.69 Å². The first-order valence-corrected chi connectivity index (χ1v) is 10.0. The van der Waals surface area contributed by atoms with Gasteiger partial charge < -0.3 is 14.2 Å². The van der Waals surface area contributed by atoms with Crippen LogP contribution in [-0.4, -0.2) is 42.5 Å². The quantitative estimate of drug-likeness (QED) is 0.580. The molecule has 148 valence electrons. The number of hydrogen-bond acceptors (Lipinski definition) is 5. The molecule has 5 rings (SSSR count). The van der Waals surface area contributed by atoms with Crippen molar-refractivity contribution in [3.63, 3.8) is 0 Å². The molecule has 6 heteroatoms. The van der Waals surface area contributed by atoms with Gasteiger partial charge in [-0.25, -0.2) is 4.90 Å². The van der Waals surface area contributed by atoms with Crippen molar-refractivity contribution in [2.45, 2.75) is 57.2 Å². The number of benzene rings is 1. The third kappa shape index (κ3) is 2.82. The van der Waals surface area contributed by atoms with E-state index < -0.39 is 11.7 Å². The zero-order valence-corrected chi connectivity index (χ0v) is 16.2. The number of hydrogen-bond donors (Lipinski definition) is 0. The highest BCUT2D eigenvalue weighted by atomic mass is 16.7. The fourth-order valence-electron chi connectivity index (χ4n) is 4.95. The van der Waals surface area contributed by atoms with E-state index in [0.29, 0.717) is 18.7 Å². The van der Waals surface area contributed by atoms with Crippen molar-refractivity contribution in [2.24, 2.45) is 11.8 Å². The number of ether oxygens (including phenoxy) is 3. The van der Waals surface area contributed by atoms with Gasteiger partial charge in [-0.15, -0.1) is 0 Å². The molecule has 0 saturated carbocycles. The van der Waals surface area contributed by atoms with Crippen molar-refractivity contribution in [3.8, 4) is 0 Å². The Morgan fingerprint density at radius 3 is 2.57 bits per heavy atom. The molecule has 1 aromatic rings. The number of nitrogens with zero attached hydrogens (tertiary/aromatic N) is 1. The second kappa shape index (κ2) is 6.51. The van der Waals surface area contributed by atoms with Crippen molar-refractivity contribution in [1.29, 1.82) is 0 Å². The summed E-state index contributed by atoms with van der Waals surface area (Å²) in [6.45, 7) is 4.28. The van der Waals surface area contributed by atoms with Gasteiger partial charge in [0.15, 0.2) is 5.79 Å². The molecule has 0 spiro atoms. The lowest BCUT2D eigenvalue weighted by molar-refractivity contribution is -0.171. The number of anilines is 1. The van der Waals surface area contributed by atoms with E-state index >= 15 is 0 Å². The van der Waals surface area contributed by atoms with E-state index in [0.717, 1.165) is 18.4 Å². The van der Waals surface area contributed by atoms with Crippen LogP contribution in [0.2, 0.25) is 0 Å². The largest absolute Gasteiger partial charge is 0.367 e. The van der Waals surface area contributed by atoms with E-state index in [1.165, 1.54) is 4.90 Å². The molecule has 4 aliphatic rings. The van der Waals surface area contributed by atoms with Crippen LogP contribution in [-0.2, 0) is 23.8 Å². The number of para-hydroxylation sites is 1. The highest BCUT2D eigenvalue weighted by Crippen LogP contribution is 2.45. The fraction of sp³-hybridized carbons (Fsp3) is 0.545. The molecule has 3 fully saturated rings. The van der Waals surface area contributed by atoms with Gasteiger partial charge in [0.05, 0.1) is 36.3 Å². The molecule has 0 radical (unpaired) electrons. The zero-order valence-electron chi connectivity index (χ0n) is 16.2. The van der Waals surface area contributed by atoms with Gasteiger partial charge in [-0.1, -0.05) is 24.3 Å². The predicted molar refractivity (Wildman–Crippen MR) is 101 cm³/mol. The van der Waals surface area contributed by atoms with Gasteiger partial charge in [0.25, 0.3) is 0 Å². The van der Waals surface area contributed by atoms with Crippen LogP contribution in [0.3, 0.4) is 0 Å². The average molecular weight is 383 g/mol. The smallest absolute Gasteiger partial charge is 0.240 e. The van der Waals surface area contributed by atoms with Crippen LogP contribution in [0.1, 0.15) is 33.1 Å². The van der Waals surface area contributed by atoms with E-state index in [1.54, 1.807) is 12.1 Å². The van der Waals surface area contributed by atoms with E-state index in [9.17, 15) is 9.59 Å². The Bertz CT molecular complexity index is 833. The van der Waals surface area contributed by atoms with Crippen molar-refractivity contribution < 1.29 is 23.8 Å². The standard InChI is InChI=1S/C22H25NO5/c1-22(2)26-12-17(28-22)16-11-9-13-8-10-15-18(19(13)27-16)21(25)23(20(15)24)14-6-4-3-5-7-14/h3-8,15-19H,9-12H2,1-2H3/t15-,16+,17-,18-,19+/m0/s1. The Labute approximate surface area is 164 Å². The summed E-state index contributed by atoms with van der Waals surface area (Å²) in [6.07, 6.45) is 3.80. The molecular formula is C22H25NO5. The normalized spacial score (nSPS) is 36.9. The van der Waals surface area contributed by atoms with E-state index in [4.69, 9.17) is 14.2 Å². The van der Waals surface area contributed by atoms with Crippen LogP contribution in [0.25, 0.3) is 0 Å². The van der Waals surface area contributed by atoms with Gasteiger partial charge in [-0.05, 0) is 50.8 Å². The maximum Gasteiger partial charge on any atom is 0.240 e. The van der Waals surface area contributed by atoms with Gasteiger partial charge in [-0.3, -0.25) is 9.59 Å². The second-order valence-electron chi connectivity index (χ2n) is 8.50. The monoisotopic (exact) mass is 383 g/mol. The molecule has 6 nitrogen and oxygen atoms in total. The lowest BCUT2D eigenvalue weighted by Crippen LogP contribution is -2.46. The van der Waals surface area contributed by atoms with Crippen molar-refractivity contribution in [2.75, 3.05) is 11.5 Å². The number of amides is 2. The van der Waals surface area contributed by atoms with Gasteiger partial charge in [0, 0.05) is 0 Å². The molecule has 0 unspecified atom stereocenters. The average Bonchev–Trinajstić information content (AvgIpc) is 3.19. The highest BCUT2D eigenvalue weighted by molar-refractivity contribution is 6.22. The van der Waals surface area contributed by atoms with Crippen LogP contribution in [0.15, 0.2) is 42.0 Å². The molecule has 28 heavy (non-hydrogen) atoms.